The first-order chi connectivity index (χ1) is 18.6. The van der Waals surface area contributed by atoms with E-state index in [-0.39, 0.29) is 18.5 Å². The minimum absolute atomic E-state index is 0.0978. The lowest BCUT2D eigenvalue weighted by molar-refractivity contribution is -0.150. The highest BCUT2D eigenvalue weighted by Gasteiger charge is 2.15. The highest BCUT2D eigenvalue weighted by atomic mass is 16.5. The zero-order valence-corrected chi connectivity index (χ0v) is 25.5. The average molecular weight is 537 g/mol. The van der Waals surface area contributed by atoms with Crippen molar-refractivity contribution in [3.63, 3.8) is 0 Å². The smallest absolute Gasteiger partial charge is 0.306 e. The Bertz CT molecular complexity index is 543. The third kappa shape index (κ3) is 29.2. The van der Waals surface area contributed by atoms with Crippen LogP contribution >= 0.6 is 0 Å². The summed E-state index contributed by atoms with van der Waals surface area (Å²) in [7, 11) is 0. The van der Waals surface area contributed by atoms with Crippen LogP contribution in [0.1, 0.15) is 187 Å². The van der Waals surface area contributed by atoms with Gasteiger partial charge < -0.3 is 9.84 Å². The van der Waals surface area contributed by atoms with Crippen LogP contribution < -0.4 is 0 Å². The molecular formula is C34H64O4. The minimum Gasteiger partial charge on any atom is -0.481 e. The SMILES string of the molecule is CCCCCC/C=C\CCCCCCCC(=O)O[C@@H](CCCCCCCCCCCCC)CCCC(=O)O. The van der Waals surface area contributed by atoms with Gasteiger partial charge in [-0.15, -0.1) is 0 Å². The molecule has 0 aliphatic carbocycles. The molecule has 0 fully saturated rings. The van der Waals surface area contributed by atoms with Crippen molar-refractivity contribution >= 4 is 11.9 Å². The molecule has 0 aromatic rings. The van der Waals surface area contributed by atoms with Gasteiger partial charge in [0.1, 0.15) is 6.10 Å². The Hall–Kier alpha value is -1.32. The molecule has 0 heterocycles. The Morgan fingerprint density at radius 2 is 0.974 bits per heavy atom. The van der Waals surface area contributed by atoms with Gasteiger partial charge in [0, 0.05) is 12.8 Å². The number of aliphatic carboxylic acids is 1. The third-order valence-corrected chi connectivity index (χ3v) is 7.49. The van der Waals surface area contributed by atoms with Crippen LogP contribution in [-0.4, -0.2) is 23.1 Å². The zero-order valence-electron chi connectivity index (χ0n) is 25.5. The number of carboxylic acid groups (broad SMARTS) is 1. The highest BCUT2D eigenvalue weighted by molar-refractivity contribution is 5.69. The number of carbonyl (C=O) groups is 2. The van der Waals surface area contributed by atoms with E-state index < -0.39 is 5.97 Å². The van der Waals surface area contributed by atoms with Gasteiger partial charge in [-0.3, -0.25) is 9.59 Å². The van der Waals surface area contributed by atoms with Crippen molar-refractivity contribution in [2.75, 3.05) is 0 Å². The van der Waals surface area contributed by atoms with Crippen LogP contribution in [0.4, 0.5) is 0 Å². The van der Waals surface area contributed by atoms with E-state index in [1.807, 2.05) is 0 Å². The topological polar surface area (TPSA) is 63.6 Å². The molecule has 0 unspecified atom stereocenters. The fourth-order valence-electron chi connectivity index (χ4n) is 5.01. The van der Waals surface area contributed by atoms with Crippen molar-refractivity contribution in [1.82, 2.24) is 0 Å². The lowest BCUT2D eigenvalue weighted by Crippen LogP contribution is -2.18. The number of hydrogen-bond donors (Lipinski definition) is 1. The molecular weight excluding hydrogens is 472 g/mol. The van der Waals surface area contributed by atoms with E-state index in [1.165, 1.54) is 122 Å². The molecule has 0 aromatic carbocycles. The Kier molecular flexibility index (Phi) is 29.2. The van der Waals surface area contributed by atoms with Crippen LogP contribution in [0.2, 0.25) is 0 Å². The Morgan fingerprint density at radius 3 is 1.50 bits per heavy atom. The zero-order chi connectivity index (χ0) is 27.9. The van der Waals surface area contributed by atoms with Crippen LogP contribution in [0, 0.1) is 0 Å². The van der Waals surface area contributed by atoms with E-state index in [1.54, 1.807) is 0 Å². The minimum atomic E-state index is -0.771. The van der Waals surface area contributed by atoms with Gasteiger partial charge >= 0.3 is 11.9 Å². The number of allylic oxidation sites excluding steroid dienone is 2. The second-order valence-corrected chi connectivity index (χ2v) is 11.3. The first kappa shape index (κ1) is 36.7. The van der Waals surface area contributed by atoms with Crippen LogP contribution in [0.5, 0.6) is 0 Å². The molecule has 0 aliphatic heterocycles. The summed E-state index contributed by atoms with van der Waals surface area (Å²) in [6.45, 7) is 4.51. The molecule has 38 heavy (non-hydrogen) atoms. The van der Waals surface area contributed by atoms with Gasteiger partial charge in [-0.25, -0.2) is 0 Å². The van der Waals surface area contributed by atoms with Gasteiger partial charge in [0.15, 0.2) is 0 Å². The van der Waals surface area contributed by atoms with Crippen LogP contribution in [0.15, 0.2) is 12.2 Å². The number of ether oxygens (including phenoxy) is 1. The maximum absolute atomic E-state index is 12.4. The molecule has 0 rings (SSSR count). The number of rotatable bonds is 30. The van der Waals surface area contributed by atoms with Crippen molar-refractivity contribution in [3.05, 3.63) is 12.2 Å². The summed E-state index contributed by atoms with van der Waals surface area (Å²) in [5.41, 5.74) is 0. The summed E-state index contributed by atoms with van der Waals surface area (Å²) in [5.74, 6) is -0.869. The number of hydrogen-bond acceptors (Lipinski definition) is 3. The van der Waals surface area contributed by atoms with Crippen molar-refractivity contribution in [1.29, 1.82) is 0 Å². The van der Waals surface area contributed by atoms with E-state index >= 15 is 0 Å². The van der Waals surface area contributed by atoms with Gasteiger partial charge in [-0.05, 0) is 57.8 Å². The van der Waals surface area contributed by atoms with Gasteiger partial charge in [0.2, 0.25) is 0 Å². The summed E-state index contributed by atoms with van der Waals surface area (Å²) in [6, 6.07) is 0. The first-order valence-electron chi connectivity index (χ1n) is 16.7. The van der Waals surface area contributed by atoms with Crippen molar-refractivity contribution in [2.24, 2.45) is 0 Å². The standard InChI is InChI=1S/C34H64O4/c1-3-5-7-9-11-13-15-16-18-20-22-24-26-31-34(37)38-32(29-27-30-33(35)36)28-25-23-21-19-17-14-12-10-8-6-4-2/h13,15,32H,3-12,14,16-31H2,1-2H3,(H,35,36)/b15-13-/t32-/m0/s1. The fraction of sp³-hybridized carbons (Fsp3) is 0.882. The molecule has 4 heteroatoms. The van der Waals surface area contributed by atoms with Crippen molar-refractivity contribution in [3.8, 4) is 0 Å². The summed E-state index contributed by atoms with van der Waals surface area (Å²) < 4.78 is 5.79. The molecule has 224 valence electrons. The molecule has 4 nitrogen and oxygen atoms in total. The molecule has 0 saturated heterocycles. The normalized spacial score (nSPS) is 12.3. The largest absolute Gasteiger partial charge is 0.481 e. The molecule has 0 radical (unpaired) electrons. The lowest BCUT2D eigenvalue weighted by atomic mass is 10.0. The second kappa shape index (κ2) is 30.2. The van der Waals surface area contributed by atoms with Gasteiger partial charge in [-0.2, -0.15) is 0 Å². The van der Waals surface area contributed by atoms with Crippen molar-refractivity contribution in [2.45, 2.75) is 193 Å². The summed E-state index contributed by atoms with van der Waals surface area (Å²) >= 11 is 0. The molecule has 0 bridgehead atoms. The Morgan fingerprint density at radius 1 is 0.553 bits per heavy atom. The molecule has 0 aromatic heterocycles. The Labute approximate surface area is 236 Å². The van der Waals surface area contributed by atoms with E-state index in [0.717, 1.165) is 25.7 Å². The number of carboxylic acids is 1. The maximum atomic E-state index is 12.4. The molecule has 1 N–H and O–H groups in total. The third-order valence-electron chi connectivity index (χ3n) is 7.49. The number of carbonyl (C=O) groups excluding carboxylic acids is 1. The van der Waals surface area contributed by atoms with E-state index in [0.29, 0.717) is 19.3 Å². The van der Waals surface area contributed by atoms with Gasteiger partial charge in [-0.1, -0.05) is 129 Å². The van der Waals surface area contributed by atoms with Crippen LogP contribution in [0.3, 0.4) is 0 Å². The maximum Gasteiger partial charge on any atom is 0.306 e. The van der Waals surface area contributed by atoms with Crippen LogP contribution in [-0.2, 0) is 14.3 Å². The summed E-state index contributed by atoms with van der Waals surface area (Å²) in [6.07, 6.45) is 35.0. The average Bonchev–Trinajstić information content (AvgIpc) is 2.89. The molecule has 0 aliphatic rings. The first-order valence-corrected chi connectivity index (χ1v) is 16.7. The molecule has 0 spiro atoms. The molecule has 0 amide bonds. The molecule has 1 atom stereocenters. The summed E-state index contributed by atoms with van der Waals surface area (Å²) in [5, 5.41) is 8.96. The van der Waals surface area contributed by atoms with E-state index in [4.69, 9.17) is 9.84 Å². The van der Waals surface area contributed by atoms with E-state index in [9.17, 15) is 9.59 Å². The van der Waals surface area contributed by atoms with Gasteiger partial charge in [0.25, 0.3) is 0 Å². The number of unbranched alkanes of at least 4 members (excludes halogenated alkanes) is 19. The van der Waals surface area contributed by atoms with Crippen molar-refractivity contribution < 1.29 is 19.4 Å². The van der Waals surface area contributed by atoms with Crippen LogP contribution in [0.25, 0.3) is 0 Å². The Balaban J connectivity index is 3.87. The lowest BCUT2D eigenvalue weighted by Gasteiger charge is -2.18. The highest BCUT2D eigenvalue weighted by Crippen LogP contribution is 2.18. The monoisotopic (exact) mass is 536 g/mol. The number of esters is 1. The van der Waals surface area contributed by atoms with Gasteiger partial charge in [0.05, 0.1) is 0 Å². The summed E-state index contributed by atoms with van der Waals surface area (Å²) in [4.78, 5) is 23.3. The quantitative estimate of drug-likeness (QED) is 0.0563. The predicted molar refractivity (Wildman–Crippen MR) is 163 cm³/mol. The second-order valence-electron chi connectivity index (χ2n) is 11.3. The predicted octanol–water partition coefficient (Wildman–Crippen LogP) is 11.1. The fourth-order valence-corrected chi connectivity index (χ4v) is 5.01. The molecule has 0 saturated carbocycles. The van der Waals surface area contributed by atoms with E-state index in [2.05, 4.69) is 26.0 Å².